The highest BCUT2D eigenvalue weighted by atomic mass is 16.5. The minimum Gasteiger partial charge on any atom is -0.492 e. The summed E-state index contributed by atoms with van der Waals surface area (Å²) in [7, 11) is 0. The van der Waals surface area contributed by atoms with Crippen LogP contribution >= 0.6 is 0 Å². The Hall–Kier alpha value is -2.30. The first-order chi connectivity index (χ1) is 10.0. The summed E-state index contributed by atoms with van der Waals surface area (Å²) in [6.07, 6.45) is 1.00. The Morgan fingerprint density at radius 3 is 2.48 bits per heavy atom. The zero-order chi connectivity index (χ0) is 15.4. The molecule has 5 nitrogen and oxygen atoms in total. The van der Waals surface area contributed by atoms with E-state index in [1.807, 2.05) is 23.7 Å². The molecule has 2 rings (SSSR count). The lowest BCUT2D eigenvalue weighted by molar-refractivity contribution is 0.289. The largest absolute Gasteiger partial charge is 0.492 e. The van der Waals surface area contributed by atoms with Crippen LogP contribution in [-0.4, -0.2) is 22.2 Å². The van der Waals surface area contributed by atoms with Crippen LogP contribution < -0.4 is 10.5 Å². The van der Waals surface area contributed by atoms with Crippen LogP contribution in [0.2, 0.25) is 0 Å². The maximum atomic E-state index is 7.35. The van der Waals surface area contributed by atoms with E-state index >= 15 is 0 Å². The van der Waals surface area contributed by atoms with Crippen molar-refractivity contribution in [1.82, 2.24) is 9.78 Å². The van der Waals surface area contributed by atoms with Gasteiger partial charge in [0, 0.05) is 11.3 Å². The van der Waals surface area contributed by atoms with Crippen LogP contribution in [0.1, 0.15) is 29.4 Å². The lowest BCUT2D eigenvalue weighted by atomic mass is 10.1. The van der Waals surface area contributed by atoms with E-state index in [-0.39, 0.29) is 5.84 Å². The SMILES string of the molecule is CCc1c(C)nn(CCOc2ccc(C(=N)N)cc2)c1C. The number of nitrogens with one attached hydrogen (secondary N) is 1. The fourth-order valence-electron chi connectivity index (χ4n) is 2.44. The molecule has 0 unspecified atom stereocenters. The average Bonchev–Trinajstić information content (AvgIpc) is 2.73. The number of rotatable bonds is 6. The summed E-state index contributed by atoms with van der Waals surface area (Å²) in [5.74, 6) is 0.841. The molecule has 0 fully saturated rings. The van der Waals surface area contributed by atoms with Crippen LogP contribution in [0.4, 0.5) is 0 Å². The molecule has 1 aromatic carbocycles. The van der Waals surface area contributed by atoms with Gasteiger partial charge in [-0.1, -0.05) is 6.92 Å². The van der Waals surface area contributed by atoms with Crippen molar-refractivity contribution in [3.63, 3.8) is 0 Å². The van der Waals surface area contributed by atoms with Gasteiger partial charge in [0.05, 0.1) is 12.2 Å². The van der Waals surface area contributed by atoms with E-state index in [4.69, 9.17) is 15.9 Å². The summed E-state index contributed by atoms with van der Waals surface area (Å²) in [6, 6.07) is 7.23. The predicted molar refractivity (Wildman–Crippen MR) is 84.0 cm³/mol. The summed E-state index contributed by atoms with van der Waals surface area (Å²) < 4.78 is 7.71. The molecule has 3 N–H and O–H groups in total. The molecule has 112 valence electrons. The van der Waals surface area contributed by atoms with E-state index in [1.165, 1.54) is 11.3 Å². The van der Waals surface area contributed by atoms with Gasteiger partial charge in [0.1, 0.15) is 18.2 Å². The standard InChI is InChI=1S/C16H22N4O/c1-4-15-11(2)19-20(12(15)3)9-10-21-14-7-5-13(6-8-14)16(17)18/h5-8H,4,9-10H2,1-3H3,(H3,17,18). The van der Waals surface area contributed by atoms with E-state index in [0.717, 1.165) is 24.4 Å². The summed E-state index contributed by atoms with van der Waals surface area (Å²) in [5.41, 5.74) is 9.75. The van der Waals surface area contributed by atoms with Gasteiger partial charge in [0.15, 0.2) is 0 Å². The van der Waals surface area contributed by atoms with Gasteiger partial charge in [-0.3, -0.25) is 10.1 Å². The fraction of sp³-hybridized carbons (Fsp3) is 0.375. The van der Waals surface area contributed by atoms with Crippen LogP contribution in [0.15, 0.2) is 24.3 Å². The smallest absolute Gasteiger partial charge is 0.122 e. The van der Waals surface area contributed by atoms with Crippen LogP contribution in [0.25, 0.3) is 0 Å². The monoisotopic (exact) mass is 286 g/mol. The van der Waals surface area contributed by atoms with Crippen molar-refractivity contribution in [3.05, 3.63) is 46.8 Å². The van der Waals surface area contributed by atoms with Gasteiger partial charge < -0.3 is 10.5 Å². The van der Waals surface area contributed by atoms with Crippen molar-refractivity contribution in [2.75, 3.05) is 6.61 Å². The van der Waals surface area contributed by atoms with E-state index in [1.54, 1.807) is 12.1 Å². The van der Waals surface area contributed by atoms with E-state index < -0.39 is 0 Å². The topological polar surface area (TPSA) is 76.9 Å². The first-order valence-corrected chi connectivity index (χ1v) is 7.13. The molecule has 0 radical (unpaired) electrons. The highest BCUT2D eigenvalue weighted by molar-refractivity contribution is 5.94. The van der Waals surface area contributed by atoms with Crippen LogP contribution in [0.3, 0.4) is 0 Å². The number of nitrogen functional groups attached to an aromatic ring is 1. The van der Waals surface area contributed by atoms with Gasteiger partial charge in [-0.2, -0.15) is 5.10 Å². The first kappa shape index (κ1) is 15.1. The number of ether oxygens (including phenoxy) is 1. The van der Waals surface area contributed by atoms with Crippen molar-refractivity contribution in [1.29, 1.82) is 5.41 Å². The number of aromatic nitrogens is 2. The second-order valence-corrected chi connectivity index (χ2v) is 5.01. The normalized spacial score (nSPS) is 10.6. The molecule has 0 saturated carbocycles. The zero-order valence-electron chi connectivity index (χ0n) is 12.8. The van der Waals surface area contributed by atoms with Gasteiger partial charge in [0.25, 0.3) is 0 Å². The summed E-state index contributed by atoms with van der Waals surface area (Å²) in [6.45, 7) is 7.57. The number of amidine groups is 1. The molecule has 0 aliphatic carbocycles. The third-order valence-corrected chi connectivity index (χ3v) is 3.62. The number of aryl methyl sites for hydroxylation is 1. The number of nitrogens with zero attached hydrogens (tertiary/aromatic N) is 2. The summed E-state index contributed by atoms with van der Waals surface area (Å²) in [5, 5.41) is 11.9. The Morgan fingerprint density at radius 2 is 1.95 bits per heavy atom. The molecule has 0 atom stereocenters. The molecule has 0 aliphatic rings. The Bertz CT molecular complexity index is 628. The first-order valence-electron chi connectivity index (χ1n) is 7.13. The molecular weight excluding hydrogens is 264 g/mol. The lowest BCUT2D eigenvalue weighted by Crippen LogP contribution is -2.12. The van der Waals surface area contributed by atoms with Crippen LogP contribution in [-0.2, 0) is 13.0 Å². The highest BCUT2D eigenvalue weighted by Gasteiger charge is 2.09. The molecule has 1 aromatic heterocycles. The number of benzene rings is 1. The van der Waals surface area contributed by atoms with E-state index in [2.05, 4.69) is 18.9 Å². The maximum absolute atomic E-state index is 7.35. The average molecular weight is 286 g/mol. The van der Waals surface area contributed by atoms with Gasteiger partial charge in [-0.15, -0.1) is 0 Å². The van der Waals surface area contributed by atoms with Crippen LogP contribution in [0, 0.1) is 19.3 Å². The third kappa shape index (κ3) is 3.42. The van der Waals surface area contributed by atoms with Crippen molar-refractivity contribution in [2.24, 2.45) is 5.73 Å². The van der Waals surface area contributed by atoms with Gasteiger partial charge in [-0.05, 0) is 50.1 Å². The minimum atomic E-state index is 0.0660. The highest BCUT2D eigenvalue weighted by Crippen LogP contribution is 2.14. The molecule has 0 bridgehead atoms. The molecule has 5 heteroatoms. The zero-order valence-corrected chi connectivity index (χ0v) is 12.8. The molecular formula is C16H22N4O. The maximum Gasteiger partial charge on any atom is 0.122 e. The van der Waals surface area contributed by atoms with Crippen molar-refractivity contribution >= 4 is 5.84 Å². The molecule has 21 heavy (non-hydrogen) atoms. The number of hydrogen-bond donors (Lipinski definition) is 2. The second-order valence-electron chi connectivity index (χ2n) is 5.01. The van der Waals surface area contributed by atoms with Crippen molar-refractivity contribution in [3.8, 4) is 5.75 Å². The quantitative estimate of drug-likeness (QED) is 0.632. The van der Waals surface area contributed by atoms with E-state index in [9.17, 15) is 0 Å². The molecule has 0 aliphatic heterocycles. The summed E-state index contributed by atoms with van der Waals surface area (Å²) in [4.78, 5) is 0. The third-order valence-electron chi connectivity index (χ3n) is 3.62. The van der Waals surface area contributed by atoms with Gasteiger partial charge in [-0.25, -0.2) is 0 Å². The molecule has 1 heterocycles. The Labute approximate surface area is 125 Å². The Morgan fingerprint density at radius 1 is 1.29 bits per heavy atom. The molecule has 0 amide bonds. The molecule has 0 spiro atoms. The fourth-order valence-corrected chi connectivity index (χ4v) is 2.44. The summed E-state index contributed by atoms with van der Waals surface area (Å²) >= 11 is 0. The van der Waals surface area contributed by atoms with Gasteiger partial charge in [0.2, 0.25) is 0 Å². The van der Waals surface area contributed by atoms with Crippen molar-refractivity contribution < 1.29 is 4.74 Å². The molecule has 2 aromatic rings. The predicted octanol–water partition coefficient (Wildman–Crippen LogP) is 2.43. The molecule has 0 saturated heterocycles. The van der Waals surface area contributed by atoms with Crippen molar-refractivity contribution in [2.45, 2.75) is 33.7 Å². The lowest BCUT2D eigenvalue weighted by Gasteiger charge is -2.08. The Kier molecular flexibility index (Phi) is 4.62. The van der Waals surface area contributed by atoms with E-state index in [0.29, 0.717) is 12.2 Å². The van der Waals surface area contributed by atoms with Crippen LogP contribution in [0.5, 0.6) is 5.75 Å². The second kappa shape index (κ2) is 6.43. The number of hydrogen-bond acceptors (Lipinski definition) is 3. The van der Waals surface area contributed by atoms with Gasteiger partial charge >= 0.3 is 0 Å². The number of nitrogens with two attached hydrogens (primary N) is 1. The Balaban J connectivity index is 1.94. The minimum absolute atomic E-state index is 0.0660.